The summed E-state index contributed by atoms with van der Waals surface area (Å²) >= 11 is 0. The Bertz CT molecular complexity index is 687. The number of benzene rings is 1. The van der Waals surface area contributed by atoms with E-state index in [1.807, 2.05) is 39.0 Å². The van der Waals surface area contributed by atoms with Gasteiger partial charge in [-0.25, -0.2) is 0 Å². The van der Waals surface area contributed by atoms with Crippen molar-refractivity contribution in [2.75, 3.05) is 0 Å². The molecule has 1 unspecified atom stereocenters. The number of carbonyl (C=O) groups excluding carboxylic acids is 1. The summed E-state index contributed by atoms with van der Waals surface area (Å²) in [5.74, 6) is -1.37. The van der Waals surface area contributed by atoms with Crippen molar-refractivity contribution in [3.63, 3.8) is 0 Å². The van der Waals surface area contributed by atoms with Crippen LogP contribution in [0.4, 0.5) is 0 Å². The fraction of sp³-hybridized carbons (Fsp3) is 0.353. The molecular formula is C17H21N3O3. The molecule has 2 rings (SSSR count). The van der Waals surface area contributed by atoms with Crippen LogP contribution in [0.25, 0.3) is 0 Å². The Labute approximate surface area is 134 Å². The smallest absolute Gasteiger partial charge is 0.305 e. The Balaban J connectivity index is 2.17. The average Bonchev–Trinajstić information content (AvgIpc) is 2.97. The molecule has 1 atom stereocenters. The zero-order valence-corrected chi connectivity index (χ0v) is 13.5. The first-order valence-electron chi connectivity index (χ1n) is 7.41. The number of carboxylic acids is 1. The van der Waals surface area contributed by atoms with Crippen molar-refractivity contribution in [3.8, 4) is 0 Å². The highest BCUT2D eigenvalue weighted by molar-refractivity contribution is 5.93. The summed E-state index contributed by atoms with van der Waals surface area (Å²) in [5.41, 5.74) is 1.69. The topological polar surface area (TPSA) is 95.1 Å². The van der Waals surface area contributed by atoms with E-state index in [4.69, 9.17) is 5.11 Å². The van der Waals surface area contributed by atoms with Crippen molar-refractivity contribution in [1.29, 1.82) is 0 Å². The molecule has 1 heterocycles. The predicted octanol–water partition coefficient (Wildman–Crippen LogP) is 2.65. The molecule has 122 valence electrons. The van der Waals surface area contributed by atoms with Gasteiger partial charge in [0, 0.05) is 11.1 Å². The van der Waals surface area contributed by atoms with Crippen LogP contribution in [-0.4, -0.2) is 27.2 Å². The van der Waals surface area contributed by atoms with Gasteiger partial charge in [-0.05, 0) is 11.6 Å². The minimum atomic E-state index is -0.975. The summed E-state index contributed by atoms with van der Waals surface area (Å²) in [4.78, 5) is 23.4. The molecule has 0 fully saturated rings. The molecular weight excluding hydrogens is 294 g/mol. The molecule has 6 heteroatoms. The van der Waals surface area contributed by atoms with Crippen molar-refractivity contribution in [2.45, 2.75) is 38.6 Å². The molecule has 1 aromatic heterocycles. The van der Waals surface area contributed by atoms with E-state index in [-0.39, 0.29) is 17.5 Å². The van der Waals surface area contributed by atoms with E-state index < -0.39 is 17.9 Å². The lowest BCUT2D eigenvalue weighted by Crippen LogP contribution is -2.30. The summed E-state index contributed by atoms with van der Waals surface area (Å²) in [6.45, 7) is 6.04. The first-order chi connectivity index (χ1) is 10.8. The van der Waals surface area contributed by atoms with E-state index in [1.165, 1.54) is 0 Å². The molecule has 1 aromatic carbocycles. The van der Waals surface area contributed by atoms with Gasteiger partial charge in [0.1, 0.15) is 5.69 Å². The second kappa shape index (κ2) is 6.64. The van der Waals surface area contributed by atoms with E-state index in [0.717, 1.165) is 11.3 Å². The normalized spacial score (nSPS) is 12.7. The van der Waals surface area contributed by atoms with Gasteiger partial charge < -0.3 is 10.4 Å². The Hall–Kier alpha value is -2.63. The van der Waals surface area contributed by atoms with Crippen molar-refractivity contribution in [2.24, 2.45) is 0 Å². The van der Waals surface area contributed by atoms with Crippen LogP contribution in [0.15, 0.2) is 36.4 Å². The molecule has 0 spiro atoms. The second-order valence-electron chi connectivity index (χ2n) is 6.45. The lowest BCUT2D eigenvalue weighted by molar-refractivity contribution is -0.137. The number of carboxylic acid groups (broad SMARTS) is 1. The molecule has 0 aliphatic heterocycles. The Morgan fingerprint density at radius 2 is 1.91 bits per heavy atom. The maximum atomic E-state index is 12.4. The first kappa shape index (κ1) is 16.7. The maximum absolute atomic E-state index is 12.4. The number of hydrogen-bond donors (Lipinski definition) is 3. The molecule has 23 heavy (non-hydrogen) atoms. The van der Waals surface area contributed by atoms with E-state index in [2.05, 4.69) is 15.5 Å². The van der Waals surface area contributed by atoms with Crippen molar-refractivity contribution in [3.05, 3.63) is 53.3 Å². The SMILES string of the molecule is CC(C)(C)c1cc(C(=O)NC(CC(=O)O)c2ccccc2)n[nH]1. The van der Waals surface area contributed by atoms with E-state index >= 15 is 0 Å². The minimum absolute atomic E-state index is 0.147. The zero-order valence-electron chi connectivity index (χ0n) is 13.5. The van der Waals surface area contributed by atoms with Gasteiger partial charge in [-0.2, -0.15) is 5.10 Å². The highest BCUT2D eigenvalue weighted by Crippen LogP contribution is 2.21. The Morgan fingerprint density at radius 1 is 1.26 bits per heavy atom. The monoisotopic (exact) mass is 315 g/mol. The molecule has 0 saturated heterocycles. The third-order valence-electron chi connectivity index (χ3n) is 3.50. The van der Waals surface area contributed by atoms with Crippen LogP contribution in [0, 0.1) is 0 Å². The van der Waals surface area contributed by atoms with E-state index in [1.54, 1.807) is 18.2 Å². The van der Waals surface area contributed by atoms with Crippen LogP contribution >= 0.6 is 0 Å². The quantitative estimate of drug-likeness (QED) is 0.790. The van der Waals surface area contributed by atoms with Crippen molar-refractivity contribution in [1.82, 2.24) is 15.5 Å². The van der Waals surface area contributed by atoms with Crippen LogP contribution < -0.4 is 5.32 Å². The molecule has 0 aliphatic rings. The van der Waals surface area contributed by atoms with E-state index in [0.29, 0.717) is 0 Å². The van der Waals surface area contributed by atoms with Crippen LogP contribution in [0.3, 0.4) is 0 Å². The number of hydrogen-bond acceptors (Lipinski definition) is 3. The van der Waals surface area contributed by atoms with Gasteiger partial charge >= 0.3 is 5.97 Å². The molecule has 2 aromatic rings. The number of aromatic nitrogens is 2. The van der Waals surface area contributed by atoms with Crippen LogP contribution in [0.1, 0.15) is 55.0 Å². The molecule has 6 nitrogen and oxygen atoms in total. The predicted molar refractivity (Wildman–Crippen MR) is 86.2 cm³/mol. The fourth-order valence-corrected chi connectivity index (χ4v) is 2.17. The standard InChI is InChI=1S/C17H21N3O3/c1-17(2,3)14-9-13(19-20-14)16(23)18-12(10-15(21)22)11-7-5-4-6-8-11/h4-9,12H,10H2,1-3H3,(H,18,23)(H,19,20)(H,21,22). The number of H-pyrrole nitrogens is 1. The van der Waals surface area contributed by atoms with Crippen LogP contribution in [0.5, 0.6) is 0 Å². The minimum Gasteiger partial charge on any atom is -0.481 e. The fourth-order valence-electron chi connectivity index (χ4n) is 2.17. The highest BCUT2D eigenvalue weighted by atomic mass is 16.4. The van der Waals surface area contributed by atoms with Gasteiger partial charge in [-0.15, -0.1) is 0 Å². The van der Waals surface area contributed by atoms with Crippen molar-refractivity contribution >= 4 is 11.9 Å². The van der Waals surface area contributed by atoms with Gasteiger partial charge in [0.05, 0.1) is 12.5 Å². The number of aromatic amines is 1. The molecule has 0 bridgehead atoms. The largest absolute Gasteiger partial charge is 0.481 e. The second-order valence-corrected chi connectivity index (χ2v) is 6.45. The van der Waals surface area contributed by atoms with Gasteiger partial charge in [-0.3, -0.25) is 14.7 Å². The van der Waals surface area contributed by atoms with Gasteiger partial charge in [0.2, 0.25) is 0 Å². The molecule has 1 amide bonds. The number of amides is 1. The summed E-state index contributed by atoms with van der Waals surface area (Å²) in [5, 5.41) is 18.7. The first-order valence-corrected chi connectivity index (χ1v) is 7.41. The van der Waals surface area contributed by atoms with Gasteiger partial charge in [-0.1, -0.05) is 51.1 Å². The molecule has 0 saturated carbocycles. The summed E-state index contributed by atoms with van der Waals surface area (Å²) in [7, 11) is 0. The zero-order chi connectivity index (χ0) is 17.0. The summed E-state index contributed by atoms with van der Waals surface area (Å²) in [6, 6.07) is 10.1. The highest BCUT2D eigenvalue weighted by Gasteiger charge is 2.22. The third-order valence-corrected chi connectivity index (χ3v) is 3.50. The van der Waals surface area contributed by atoms with Crippen LogP contribution in [0.2, 0.25) is 0 Å². The number of aliphatic carboxylic acids is 1. The third kappa shape index (κ3) is 4.42. The number of rotatable bonds is 5. The average molecular weight is 315 g/mol. The van der Waals surface area contributed by atoms with Crippen molar-refractivity contribution < 1.29 is 14.7 Å². The molecule has 0 radical (unpaired) electrons. The summed E-state index contributed by atoms with van der Waals surface area (Å²) < 4.78 is 0. The number of nitrogens with one attached hydrogen (secondary N) is 2. The lowest BCUT2D eigenvalue weighted by Gasteiger charge is -2.17. The van der Waals surface area contributed by atoms with Gasteiger partial charge in [0.25, 0.3) is 5.91 Å². The summed E-state index contributed by atoms with van der Waals surface area (Å²) in [6.07, 6.45) is -0.188. The Kier molecular flexibility index (Phi) is 4.83. The van der Waals surface area contributed by atoms with Gasteiger partial charge in [0.15, 0.2) is 0 Å². The lowest BCUT2D eigenvalue weighted by atomic mass is 9.92. The maximum Gasteiger partial charge on any atom is 0.305 e. The van der Waals surface area contributed by atoms with Crippen LogP contribution in [-0.2, 0) is 10.2 Å². The molecule has 0 aliphatic carbocycles. The number of carbonyl (C=O) groups is 2. The van der Waals surface area contributed by atoms with E-state index in [9.17, 15) is 9.59 Å². The Morgan fingerprint density at radius 3 is 2.43 bits per heavy atom. The number of nitrogens with zero attached hydrogens (tertiary/aromatic N) is 1. The molecule has 3 N–H and O–H groups in total.